The fourth-order valence-corrected chi connectivity index (χ4v) is 4.78. The molecule has 0 spiro atoms. The topological polar surface area (TPSA) is 125 Å². The largest absolute Gasteiger partial charge is 0.435 e. The number of pyridine rings is 1. The van der Waals surface area contributed by atoms with Crippen molar-refractivity contribution in [2.75, 3.05) is 47.6 Å². The molecule has 0 bridgehead atoms. The Balaban J connectivity index is 1.34. The molecule has 1 saturated heterocycles. The second-order valence-electron chi connectivity index (χ2n) is 8.20. The van der Waals surface area contributed by atoms with Gasteiger partial charge in [-0.15, -0.1) is 0 Å². The predicted octanol–water partition coefficient (Wildman–Crippen LogP) is 1.90. The van der Waals surface area contributed by atoms with Crippen LogP contribution < -0.4 is 20.4 Å². The van der Waals surface area contributed by atoms with E-state index in [1.165, 1.54) is 23.1 Å². The molecule has 0 unspecified atom stereocenters. The van der Waals surface area contributed by atoms with Crippen LogP contribution in [-0.2, 0) is 16.4 Å². The van der Waals surface area contributed by atoms with Gasteiger partial charge in [-0.25, -0.2) is 8.42 Å². The number of aromatic nitrogens is 1. The molecule has 2 amide bonds. The maximum Gasteiger partial charge on any atom is 0.291 e. The normalized spacial score (nSPS) is 16.0. The van der Waals surface area contributed by atoms with Gasteiger partial charge in [0.2, 0.25) is 5.88 Å². The van der Waals surface area contributed by atoms with Crippen LogP contribution in [0.3, 0.4) is 0 Å². The molecule has 34 heavy (non-hydrogen) atoms. The number of piperazine rings is 1. The molecule has 176 valence electrons. The molecule has 2 aliphatic rings. The van der Waals surface area contributed by atoms with Crippen LogP contribution in [0.25, 0.3) is 0 Å². The number of nitrogens with zero attached hydrogens (tertiary/aromatic N) is 3. The molecule has 1 fully saturated rings. The minimum atomic E-state index is -3.44. The number of nitrogens with one attached hydrogen (secondary N) is 2. The molecule has 2 N–H and O–H groups in total. The van der Waals surface area contributed by atoms with Crippen LogP contribution in [0.1, 0.15) is 26.5 Å². The first-order valence-corrected chi connectivity index (χ1v) is 12.7. The van der Waals surface area contributed by atoms with E-state index in [0.29, 0.717) is 16.8 Å². The van der Waals surface area contributed by atoms with E-state index in [1.807, 2.05) is 6.07 Å². The zero-order valence-corrected chi connectivity index (χ0v) is 19.3. The van der Waals surface area contributed by atoms with Crippen molar-refractivity contribution in [1.82, 2.24) is 10.3 Å². The van der Waals surface area contributed by atoms with Crippen molar-refractivity contribution >= 4 is 38.9 Å². The summed E-state index contributed by atoms with van der Waals surface area (Å²) < 4.78 is 29.4. The van der Waals surface area contributed by atoms with Crippen molar-refractivity contribution in [3.63, 3.8) is 0 Å². The summed E-state index contributed by atoms with van der Waals surface area (Å²) in [5, 5.41) is 6.15. The van der Waals surface area contributed by atoms with E-state index >= 15 is 0 Å². The van der Waals surface area contributed by atoms with Crippen LogP contribution in [-0.4, -0.2) is 57.7 Å². The molecule has 0 aliphatic carbocycles. The molecule has 2 aromatic heterocycles. The maximum atomic E-state index is 12.9. The Morgan fingerprint density at radius 2 is 1.94 bits per heavy atom. The van der Waals surface area contributed by atoms with Gasteiger partial charge in [-0.1, -0.05) is 6.07 Å². The number of sulfone groups is 1. The van der Waals surface area contributed by atoms with Gasteiger partial charge in [0, 0.05) is 50.3 Å². The van der Waals surface area contributed by atoms with Gasteiger partial charge in [0.05, 0.1) is 29.0 Å². The molecule has 11 heteroatoms. The first kappa shape index (κ1) is 22.1. The highest BCUT2D eigenvalue weighted by molar-refractivity contribution is 7.90. The number of fused-ring (bicyclic) bond motifs is 1. The SMILES string of the molecule is CS(=O)(=O)c1ccc2c(c1)C(=O)N(c1ccc(C(=O)Nc3cnccc3N3CCNCC3)o1)C2. The van der Waals surface area contributed by atoms with Crippen LogP contribution in [0.15, 0.2) is 58.1 Å². The fraction of sp³-hybridized carbons (Fsp3) is 0.261. The lowest BCUT2D eigenvalue weighted by Gasteiger charge is -2.30. The van der Waals surface area contributed by atoms with Crippen LogP contribution in [0.4, 0.5) is 17.3 Å². The summed E-state index contributed by atoms with van der Waals surface area (Å²) >= 11 is 0. The number of carbonyl (C=O) groups is 2. The number of rotatable bonds is 5. The number of anilines is 3. The smallest absolute Gasteiger partial charge is 0.291 e. The third-order valence-corrected chi connectivity index (χ3v) is 7.01. The van der Waals surface area contributed by atoms with Gasteiger partial charge in [0.15, 0.2) is 15.6 Å². The summed E-state index contributed by atoms with van der Waals surface area (Å²) in [5.41, 5.74) is 2.45. The number of benzene rings is 1. The molecule has 5 rings (SSSR count). The van der Waals surface area contributed by atoms with Crippen molar-refractivity contribution in [3.05, 3.63) is 65.7 Å². The average molecular weight is 482 g/mol. The first-order chi connectivity index (χ1) is 16.3. The molecule has 1 aromatic carbocycles. The fourth-order valence-electron chi connectivity index (χ4n) is 4.13. The van der Waals surface area contributed by atoms with E-state index in [2.05, 4.69) is 20.5 Å². The van der Waals surface area contributed by atoms with Crippen molar-refractivity contribution in [3.8, 4) is 0 Å². The predicted molar refractivity (Wildman–Crippen MR) is 126 cm³/mol. The highest BCUT2D eigenvalue weighted by atomic mass is 32.2. The van der Waals surface area contributed by atoms with Crippen molar-refractivity contribution in [2.24, 2.45) is 0 Å². The zero-order valence-electron chi connectivity index (χ0n) is 18.4. The molecular formula is C23H23N5O5S. The van der Waals surface area contributed by atoms with Gasteiger partial charge in [-0.3, -0.25) is 19.5 Å². The summed E-state index contributed by atoms with van der Waals surface area (Å²) in [5.74, 6) is -0.583. The Morgan fingerprint density at radius 1 is 1.15 bits per heavy atom. The molecular weight excluding hydrogens is 458 g/mol. The molecule has 0 atom stereocenters. The van der Waals surface area contributed by atoms with Gasteiger partial charge in [-0.05, 0) is 29.8 Å². The summed E-state index contributed by atoms with van der Waals surface area (Å²) in [6.45, 7) is 3.57. The minimum absolute atomic E-state index is 0.0469. The standard InChI is InChI=1S/C23H23N5O5S/c1-34(31,32)16-3-2-15-14-28(23(30)17(15)12-16)21-5-4-20(33-21)22(29)26-18-13-25-7-6-19(18)27-10-8-24-9-11-27/h2-7,12-13,24H,8-11,14H2,1H3,(H,26,29). The summed E-state index contributed by atoms with van der Waals surface area (Å²) in [6, 6.07) is 9.40. The van der Waals surface area contributed by atoms with E-state index in [0.717, 1.165) is 38.1 Å². The third kappa shape index (κ3) is 4.15. The van der Waals surface area contributed by atoms with Crippen molar-refractivity contribution in [2.45, 2.75) is 11.4 Å². The quantitative estimate of drug-likeness (QED) is 0.566. The second-order valence-corrected chi connectivity index (χ2v) is 10.2. The molecule has 3 aromatic rings. The summed E-state index contributed by atoms with van der Waals surface area (Å²) in [7, 11) is -3.44. The Morgan fingerprint density at radius 3 is 2.71 bits per heavy atom. The molecule has 10 nitrogen and oxygen atoms in total. The average Bonchev–Trinajstić information content (AvgIpc) is 3.44. The number of hydrogen-bond acceptors (Lipinski definition) is 8. The lowest BCUT2D eigenvalue weighted by Crippen LogP contribution is -2.43. The van der Waals surface area contributed by atoms with Crippen molar-refractivity contribution in [1.29, 1.82) is 0 Å². The van der Waals surface area contributed by atoms with Gasteiger partial charge >= 0.3 is 0 Å². The van der Waals surface area contributed by atoms with Crippen LogP contribution >= 0.6 is 0 Å². The van der Waals surface area contributed by atoms with Gasteiger partial charge in [0.25, 0.3) is 11.8 Å². The monoisotopic (exact) mass is 481 g/mol. The molecule has 0 saturated carbocycles. The van der Waals surface area contributed by atoms with E-state index in [1.54, 1.807) is 24.5 Å². The van der Waals surface area contributed by atoms with Crippen LogP contribution in [0.5, 0.6) is 0 Å². The summed E-state index contributed by atoms with van der Waals surface area (Å²) in [4.78, 5) is 33.6. The number of amides is 2. The highest BCUT2D eigenvalue weighted by Gasteiger charge is 2.32. The number of furan rings is 1. The lowest BCUT2D eigenvalue weighted by atomic mass is 10.1. The van der Waals surface area contributed by atoms with Gasteiger partial charge in [-0.2, -0.15) is 0 Å². The zero-order chi connectivity index (χ0) is 23.9. The lowest BCUT2D eigenvalue weighted by molar-refractivity contribution is 0.0975. The number of hydrogen-bond donors (Lipinski definition) is 2. The van der Waals surface area contributed by atoms with E-state index in [-0.39, 0.29) is 29.0 Å². The van der Waals surface area contributed by atoms with Crippen LogP contribution in [0, 0.1) is 0 Å². The Hall–Kier alpha value is -3.70. The molecule has 0 radical (unpaired) electrons. The first-order valence-electron chi connectivity index (χ1n) is 10.8. The maximum absolute atomic E-state index is 12.9. The van der Waals surface area contributed by atoms with Crippen LogP contribution in [0.2, 0.25) is 0 Å². The third-order valence-electron chi connectivity index (χ3n) is 5.90. The highest BCUT2D eigenvalue weighted by Crippen LogP contribution is 2.32. The Kier molecular flexibility index (Phi) is 5.58. The number of carbonyl (C=O) groups excluding carboxylic acids is 2. The second kappa shape index (κ2) is 8.58. The van der Waals surface area contributed by atoms with E-state index in [9.17, 15) is 18.0 Å². The van der Waals surface area contributed by atoms with Gasteiger partial charge in [0.1, 0.15) is 0 Å². The van der Waals surface area contributed by atoms with E-state index in [4.69, 9.17) is 4.42 Å². The Labute approximate surface area is 196 Å². The molecule has 2 aliphatic heterocycles. The Bertz CT molecular complexity index is 1380. The molecule has 4 heterocycles. The van der Waals surface area contributed by atoms with Crippen molar-refractivity contribution < 1.29 is 22.4 Å². The van der Waals surface area contributed by atoms with Gasteiger partial charge < -0.3 is 20.0 Å². The summed E-state index contributed by atoms with van der Waals surface area (Å²) in [6.07, 6.45) is 4.38. The minimum Gasteiger partial charge on any atom is -0.435 e. The van der Waals surface area contributed by atoms with E-state index < -0.39 is 15.7 Å².